The lowest BCUT2D eigenvalue weighted by molar-refractivity contribution is -0.134. The van der Waals surface area contributed by atoms with E-state index in [1.54, 1.807) is 6.20 Å². The number of imidazole rings is 1. The first-order valence-corrected chi connectivity index (χ1v) is 15.0. The molecule has 222 valence electrons. The van der Waals surface area contributed by atoms with Crippen molar-refractivity contribution in [3.8, 4) is 11.4 Å². The van der Waals surface area contributed by atoms with Crippen LogP contribution in [0.15, 0.2) is 36.5 Å². The third-order valence-electron chi connectivity index (χ3n) is 8.14. The van der Waals surface area contributed by atoms with Gasteiger partial charge in [-0.1, -0.05) is 31.4 Å². The number of benzene rings is 1. The molecule has 0 radical (unpaired) electrons. The van der Waals surface area contributed by atoms with Gasteiger partial charge >= 0.3 is 0 Å². The summed E-state index contributed by atoms with van der Waals surface area (Å²) in [7, 11) is 0. The number of aryl methyl sites for hydroxylation is 1. The zero-order valence-electron chi connectivity index (χ0n) is 24.1. The highest BCUT2D eigenvalue weighted by atomic mass is 16.5. The van der Waals surface area contributed by atoms with Crippen LogP contribution in [0.3, 0.4) is 0 Å². The Morgan fingerprint density at radius 3 is 2.67 bits per heavy atom. The third kappa shape index (κ3) is 6.55. The fraction of sp³-hybridized carbons (Fsp3) is 0.500. The zero-order valence-corrected chi connectivity index (χ0v) is 24.1. The molecule has 1 aliphatic carbocycles. The van der Waals surface area contributed by atoms with E-state index in [0.717, 1.165) is 63.2 Å². The van der Waals surface area contributed by atoms with E-state index >= 15 is 0 Å². The molecule has 1 unspecified atom stereocenters. The molecule has 0 bridgehead atoms. The summed E-state index contributed by atoms with van der Waals surface area (Å²) in [6.45, 7) is 6.86. The zero-order chi connectivity index (χ0) is 28.9. The first kappa shape index (κ1) is 28.1. The van der Waals surface area contributed by atoms with Crippen molar-refractivity contribution in [2.75, 3.05) is 61.0 Å². The van der Waals surface area contributed by atoms with Gasteiger partial charge in [0.15, 0.2) is 11.9 Å². The fourth-order valence-corrected chi connectivity index (χ4v) is 5.92. The molecule has 4 heterocycles. The molecule has 12 heteroatoms. The van der Waals surface area contributed by atoms with Crippen molar-refractivity contribution in [1.82, 2.24) is 30.6 Å². The van der Waals surface area contributed by atoms with E-state index in [1.165, 1.54) is 6.42 Å². The van der Waals surface area contributed by atoms with Crippen LogP contribution in [0.4, 0.5) is 17.2 Å². The van der Waals surface area contributed by atoms with Gasteiger partial charge in [-0.2, -0.15) is 0 Å². The average molecular weight is 574 g/mol. The summed E-state index contributed by atoms with van der Waals surface area (Å²) in [5, 5.41) is 9.56. The molecule has 1 atom stereocenters. The van der Waals surface area contributed by atoms with Gasteiger partial charge < -0.3 is 35.5 Å². The SMILES string of the molecule is Cc1nc(-c2cnc(C(=O)Nc3ccccc3N3CCNCC3)[nH]2)cc(N2CCOC(C(=O)NC3CCCCC3)C2)n1. The van der Waals surface area contributed by atoms with Gasteiger partial charge in [-0.3, -0.25) is 9.59 Å². The monoisotopic (exact) mass is 573 g/mol. The highest BCUT2D eigenvalue weighted by Gasteiger charge is 2.30. The van der Waals surface area contributed by atoms with Crippen molar-refractivity contribution < 1.29 is 14.3 Å². The van der Waals surface area contributed by atoms with Gasteiger partial charge in [0, 0.05) is 44.8 Å². The molecule has 0 spiro atoms. The number of carbonyl (C=O) groups excluding carboxylic acids is 2. The van der Waals surface area contributed by atoms with Crippen LogP contribution in [0.5, 0.6) is 0 Å². The average Bonchev–Trinajstić information content (AvgIpc) is 3.53. The number of H-pyrrole nitrogens is 1. The number of para-hydroxylation sites is 2. The van der Waals surface area contributed by atoms with Crippen molar-refractivity contribution in [2.24, 2.45) is 0 Å². The smallest absolute Gasteiger partial charge is 0.291 e. The quantitative estimate of drug-likeness (QED) is 0.336. The summed E-state index contributed by atoms with van der Waals surface area (Å²) in [4.78, 5) is 47.2. The van der Waals surface area contributed by atoms with Crippen LogP contribution >= 0.6 is 0 Å². The Balaban J connectivity index is 1.14. The Kier molecular flexibility index (Phi) is 8.61. The minimum atomic E-state index is -0.550. The normalized spacial score (nSPS) is 19.9. The summed E-state index contributed by atoms with van der Waals surface area (Å²) < 4.78 is 5.84. The van der Waals surface area contributed by atoms with Crippen molar-refractivity contribution in [3.63, 3.8) is 0 Å². The molecule has 3 aromatic rings. The van der Waals surface area contributed by atoms with E-state index in [0.29, 0.717) is 42.7 Å². The van der Waals surface area contributed by atoms with E-state index in [4.69, 9.17) is 4.74 Å². The number of nitrogens with zero attached hydrogens (tertiary/aromatic N) is 5. The second kappa shape index (κ2) is 12.9. The summed E-state index contributed by atoms with van der Waals surface area (Å²) in [6.07, 6.45) is 6.68. The Morgan fingerprint density at radius 1 is 1.02 bits per heavy atom. The van der Waals surface area contributed by atoms with Gasteiger partial charge in [0.2, 0.25) is 0 Å². The second-order valence-electron chi connectivity index (χ2n) is 11.2. The topological polar surface area (TPSA) is 140 Å². The van der Waals surface area contributed by atoms with Crippen LogP contribution in [-0.4, -0.2) is 89.8 Å². The predicted molar refractivity (Wildman–Crippen MR) is 161 cm³/mol. The number of hydrogen-bond donors (Lipinski definition) is 4. The standard InChI is InChI=1S/C30H39N9O3/c1-20-33-23(17-27(34-20)39-15-16-42-26(19-39)29(40)35-21-7-3-2-4-8-21)24-18-32-28(36-24)30(41)37-22-9-5-6-10-25(22)38-13-11-31-12-14-38/h5-6,9-10,17-18,21,26,31H,2-4,7-8,11-16,19H2,1H3,(H,32,36)(H,35,40)(H,37,41). The largest absolute Gasteiger partial charge is 0.367 e. The lowest BCUT2D eigenvalue weighted by Crippen LogP contribution is -2.52. The fourth-order valence-electron chi connectivity index (χ4n) is 5.92. The van der Waals surface area contributed by atoms with Crippen LogP contribution < -0.4 is 25.8 Å². The molecule has 6 rings (SSSR count). The maximum absolute atomic E-state index is 13.2. The van der Waals surface area contributed by atoms with Crippen LogP contribution in [0, 0.1) is 6.92 Å². The Hall–Kier alpha value is -4.03. The molecule has 3 fully saturated rings. The number of amides is 2. The summed E-state index contributed by atoms with van der Waals surface area (Å²) in [5.74, 6) is 1.11. The molecular weight excluding hydrogens is 534 g/mol. The maximum Gasteiger partial charge on any atom is 0.291 e. The molecule has 12 nitrogen and oxygen atoms in total. The molecule has 2 aliphatic heterocycles. The van der Waals surface area contributed by atoms with Crippen molar-refractivity contribution >= 4 is 29.0 Å². The Morgan fingerprint density at radius 2 is 1.83 bits per heavy atom. The van der Waals surface area contributed by atoms with Crippen LogP contribution in [0.2, 0.25) is 0 Å². The van der Waals surface area contributed by atoms with E-state index < -0.39 is 6.10 Å². The number of ether oxygens (including phenoxy) is 1. The highest BCUT2D eigenvalue weighted by Crippen LogP contribution is 2.27. The summed E-state index contributed by atoms with van der Waals surface area (Å²) >= 11 is 0. The van der Waals surface area contributed by atoms with Gasteiger partial charge in [0.25, 0.3) is 11.8 Å². The van der Waals surface area contributed by atoms with E-state index in [1.807, 2.05) is 37.3 Å². The first-order chi connectivity index (χ1) is 20.5. The lowest BCUT2D eigenvalue weighted by Gasteiger charge is -2.34. The number of nitrogens with one attached hydrogen (secondary N) is 4. The van der Waals surface area contributed by atoms with Crippen molar-refractivity contribution in [2.45, 2.75) is 51.2 Å². The molecule has 2 aromatic heterocycles. The van der Waals surface area contributed by atoms with E-state index in [2.05, 4.69) is 45.7 Å². The van der Waals surface area contributed by atoms with Crippen LogP contribution in [0.25, 0.3) is 11.4 Å². The lowest BCUT2D eigenvalue weighted by atomic mass is 9.95. The molecule has 2 amide bonds. The minimum absolute atomic E-state index is 0.0552. The van der Waals surface area contributed by atoms with Crippen molar-refractivity contribution in [1.29, 1.82) is 0 Å². The van der Waals surface area contributed by atoms with Crippen molar-refractivity contribution in [3.05, 3.63) is 48.2 Å². The second-order valence-corrected chi connectivity index (χ2v) is 11.2. The van der Waals surface area contributed by atoms with Gasteiger partial charge in [0.05, 0.1) is 42.1 Å². The number of aromatic amines is 1. The number of aromatic nitrogens is 4. The van der Waals surface area contributed by atoms with Crippen LogP contribution in [-0.2, 0) is 9.53 Å². The third-order valence-corrected chi connectivity index (χ3v) is 8.14. The van der Waals surface area contributed by atoms with Gasteiger partial charge in [-0.25, -0.2) is 15.0 Å². The summed E-state index contributed by atoms with van der Waals surface area (Å²) in [6, 6.07) is 9.92. The predicted octanol–water partition coefficient (Wildman–Crippen LogP) is 2.49. The number of hydrogen-bond acceptors (Lipinski definition) is 9. The van der Waals surface area contributed by atoms with Gasteiger partial charge in [-0.05, 0) is 31.9 Å². The Bertz CT molecular complexity index is 1400. The summed E-state index contributed by atoms with van der Waals surface area (Å²) in [5.41, 5.74) is 2.98. The number of carbonyl (C=O) groups is 2. The molecule has 2 saturated heterocycles. The number of morpholine rings is 1. The maximum atomic E-state index is 13.2. The Labute approximate surface area is 245 Å². The van der Waals surface area contributed by atoms with Gasteiger partial charge in [0.1, 0.15) is 11.6 Å². The number of piperazine rings is 1. The van der Waals surface area contributed by atoms with Crippen LogP contribution in [0.1, 0.15) is 48.5 Å². The van der Waals surface area contributed by atoms with E-state index in [-0.39, 0.29) is 23.7 Å². The van der Waals surface area contributed by atoms with E-state index in [9.17, 15) is 9.59 Å². The molecule has 1 aromatic carbocycles. The molecule has 1 saturated carbocycles. The molecule has 42 heavy (non-hydrogen) atoms. The number of anilines is 3. The minimum Gasteiger partial charge on any atom is -0.367 e. The first-order valence-electron chi connectivity index (χ1n) is 15.0. The number of rotatable bonds is 7. The molecular formula is C30H39N9O3. The molecule has 4 N–H and O–H groups in total. The van der Waals surface area contributed by atoms with Gasteiger partial charge in [-0.15, -0.1) is 0 Å². The highest BCUT2D eigenvalue weighted by molar-refractivity contribution is 6.04. The molecule has 3 aliphatic rings.